The second-order valence-corrected chi connectivity index (χ2v) is 7.62. The predicted octanol–water partition coefficient (Wildman–Crippen LogP) is 2.50. The summed E-state index contributed by atoms with van der Waals surface area (Å²) in [5, 5.41) is 15.3. The minimum atomic E-state index is -0.197. The Hall–Kier alpha value is -3.93. The zero-order valence-corrected chi connectivity index (χ0v) is 19.5. The molecule has 0 saturated carbocycles. The number of methoxy groups -OCH3 is 3. The van der Waals surface area contributed by atoms with E-state index in [1.54, 1.807) is 51.8 Å². The first-order valence-corrected chi connectivity index (χ1v) is 10.7. The van der Waals surface area contributed by atoms with Crippen molar-refractivity contribution in [2.45, 2.75) is 12.1 Å². The molecule has 0 fully saturated rings. The van der Waals surface area contributed by atoms with E-state index in [9.17, 15) is 4.79 Å². The average molecular weight is 472 g/mol. The summed E-state index contributed by atoms with van der Waals surface area (Å²) >= 11 is 1.15. The number of hydrazone groups is 1. The number of aryl methyl sites for hydroxylation is 1. The van der Waals surface area contributed by atoms with Gasteiger partial charge in [-0.3, -0.25) is 4.79 Å². The molecule has 11 nitrogen and oxygen atoms in total. The summed E-state index contributed by atoms with van der Waals surface area (Å²) in [4.78, 5) is 12.3. The van der Waals surface area contributed by atoms with Gasteiger partial charge in [0.05, 0.1) is 33.3 Å². The topological polar surface area (TPSA) is 138 Å². The molecule has 0 unspecified atom stereocenters. The van der Waals surface area contributed by atoms with Crippen LogP contribution in [0.2, 0.25) is 0 Å². The molecule has 1 heterocycles. The molecule has 0 bridgehead atoms. The average Bonchev–Trinajstić information content (AvgIpc) is 3.18. The standard InChI is InChI=1S/C21H25N7O4S/c1-13-9-15(30-2)6-7-16(13)24-19(29)12-33-21-27-26-20(28(21)22)25-23-11-14-5-8-17(31-3)18(10-14)32-4/h5-11H,12,22H2,1-4H3,(H,24,29)(H,25,26)/b23-11+. The molecule has 0 aliphatic heterocycles. The van der Waals surface area contributed by atoms with Crippen molar-refractivity contribution in [3.05, 3.63) is 47.5 Å². The summed E-state index contributed by atoms with van der Waals surface area (Å²) in [7, 11) is 4.73. The molecule has 0 saturated heterocycles. The first-order chi connectivity index (χ1) is 15.9. The fourth-order valence-corrected chi connectivity index (χ4v) is 3.43. The third kappa shape index (κ3) is 6.07. The van der Waals surface area contributed by atoms with Crippen LogP contribution in [0.5, 0.6) is 17.2 Å². The van der Waals surface area contributed by atoms with Crippen LogP contribution in [0.15, 0.2) is 46.7 Å². The maximum absolute atomic E-state index is 12.3. The highest BCUT2D eigenvalue weighted by Crippen LogP contribution is 2.27. The number of ether oxygens (including phenoxy) is 3. The molecule has 0 aliphatic carbocycles. The molecule has 3 aromatic rings. The van der Waals surface area contributed by atoms with Crippen LogP contribution in [0, 0.1) is 6.92 Å². The Bertz CT molecular complexity index is 1150. The molecule has 0 atom stereocenters. The lowest BCUT2D eigenvalue weighted by molar-refractivity contribution is -0.113. The Morgan fingerprint density at radius 3 is 2.61 bits per heavy atom. The van der Waals surface area contributed by atoms with Crippen molar-refractivity contribution in [3.8, 4) is 17.2 Å². The number of nitrogens with one attached hydrogen (secondary N) is 2. The van der Waals surface area contributed by atoms with Crippen molar-refractivity contribution >= 4 is 35.5 Å². The van der Waals surface area contributed by atoms with Gasteiger partial charge in [-0.15, -0.1) is 10.2 Å². The zero-order valence-electron chi connectivity index (χ0n) is 18.7. The number of hydrogen-bond acceptors (Lipinski definition) is 10. The SMILES string of the molecule is COc1ccc(NC(=O)CSc2nnc(N/N=C/c3ccc(OC)c(OC)c3)n2N)c(C)c1. The number of rotatable bonds is 10. The van der Waals surface area contributed by atoms with E-state index in [2.05, 4.69) is 26.0 Å². The number of aromatic nitrogens is 3. The monoisotopic (exact) mass is 471 g/mol. The molecule has 12 heteroatoms. The maximum Gasteiger partial charge on any atom is 0.264 e. The van der Waals surface area contributed by atoms with Gasteiger partial charge in [-0.05, 0) is 54.4 Å². The summed E-state index contributed by atoms with van der Waals surface area (Å²) in [6.07, 6.45) is 1.58. The number of amides is 1. The lowest BCUT2D eigenvalue weighted by Gasteiger charge is -2.09. The van der Waals surface area contributed by atoms with Gasteiger partial charge in [0, 0.05) is 5.69 Å². The van der Waals surface area contributed by atoms with Gasteiger partial charge in [-0.2, -0.15) is 5.10 Å². The van der Waals surface area contributed by atoms with Crippen molar-refractivity contribution in [3.63, 3.8) is 0 Å². The van der Waals surface area contributed by atoms with Gasteiger partial charge in [0.1, 0.15) is 5.75 Å². The molecule has 0 radical (unpaired) electrons. The molecule has 2 aromatic carbocycles. The van der Waals surface area contributed by atoms with Gasteiger partial charge in [0.25, 0.3) is 5.95 Å². The van der Waals surface area contributed by atoms with Crippen molar-refractivity contribution in [2.75, 3.05) is 43.7 Å². The molecule has 4 N–H and O–H groups in total. The number of nitrogens with two attached hydrogens (primary N) is 1. The highest BCUT2D eigenvalue weighted by molar-refractivity contribution is 7.99. The second kappa shape index (κ2) is 11.1. The van der Waals surface area contributed by atoms with Crippen LogP contribution in [-0.2, 0) is 4.79 Å². The molecule has 1 aromatic heterocycles. The first-order valence-electron chi connectivity index (χ1n) is 9.74. The van der Waals surface area contributed by atoms with Crippen LogP contribution in [0.1, 0.15) is 11.1 Å². The van der Waals surface area contributed by atoms with Crippen molar-refractivity contribution in [1.82, 2.24) is 14.9 Å². The number of nitrogen functional groups attached to an aromatic ring is 1. The van der Waals surface area contributed by atoms with Gasteiger partial charge in [0.2, 0.25) is 11.1 Å². The van der Waals surface area contributed by atoms with E-state index in [-0.39, 0.29) is 17.6 Å². The lowest BCUT2D eigenvalue weighted by Crippen LogP contribution is -2.17. The summed E-state index contributed by atoms with van der Waals surface area (Å²) in [6, 6.07) is 10.8. The maximum atomic E-state index is 12.3. The van der Waals surface area contributed by atoms with Gasteiger partial charge in [-0.1, -0.05) is 11.8 Å². The van der Waals surface area contributed by atoms with E-state index in [1.165, 1.54) is 4.68 Å². The fourth-order valence-electron chi connectivity index (χ4n) is 2.77. The van der Waals surface area contributed by atoms with Crippen LogP contribution in [-0.4, -0.2) is 54.1 Å². The molecule has 1 amide bonds. The van der Waals surface area contributed by atoms with E-state index in [0.29, 0.717) is 22.3 Å². The second-order valence-electron chi connectivity index (χ2n) is 6.68. The lowest BCUT2D eigenvalue weighted by atomic mass is 10.2. The number of carbonyl (C=O) groups is 1. The van der Waals surface area contributed by atoms with E-state index in [4.69, 9.17) is 20.1 Å². The fraction of sp³-hybridized carbons (Fsp3) is 0.238. The largest absolute Gasteiger partial charge is 0.497 e. The molecule has 3 rings (SSSR count). The Kier molecular flexibility index (Phi) is 7.97. The minimum absolute atomic E-state index is 0.107. The van der Waals surface area contributed by atoms with E-state index < -0.39 is 0 Å². The Morgan fingerprint density at radius 2 is 1.91 bits per heavy atom. The van der Waals surface area contributed by atoms with E-state index in [1.807, 2.05) is 19.1 Å². The van der Waals surface area contributed by atoms with Crippen LogP contribution in [0.25, 0.3) is 0 Å². The van der Waals surface area contributed by atoms with Crippen LogP contribution < -0.4 is 30.8 Å². The molecule has 0 spiro atoms. The van der Waals surface area contributed by atoms with Crippen LogP contribution in [0.4, 0.5) is 11.6 Å². The number of benzene rings is 2. The van der Waals surface area contributed by atoms with Gasteiger partial charge in [-0.25, -0.2) is 10.1 Å². The van der Waals surface area contributed by atoms with Crippen molar-refractivity contribution < 1.29 is 19.0 Å². The summed E-state index contributed by atoms with van der Waals surface area (Å²) in [5.41, 5.74) is 5.12. The summed E-state index contributed by atoms with van der Waals surface area (Å²) in [6.45, 7) is 1.89. The molecular formula is C21H25N7O4S. The smallest absolute Gasteiger partial charge is 0.264 e. The number of thioether (sulfide) groups is 1. The number of nitrogens with zero attached hydrogens (tertiary/aromatic N) is 4. The minimum Gasteiger partial charge on any atom is -0.497 e. The molecule has 33 heavy (non-hydrogen) atoms. The number of hydrogen-bond donors (Lipinski definition) is 3. The van der Waals surface area contributed by atoms with Gasteiger partial charge in [0.15, 0.2) is 11.5 Å². The Labute approximate surface area is 195 Å². The number of anilines is 2. The zero-order chi connectivity index (χ0) is 23.8. The molecule has 0 aliphatic rings. The first kappa shape index (κ1) is 23.7. The van der Waals surface area contributed by atoms with E-state index >= 15 is 0 Å². The Balaban J connectivity index is 1.55. The summed E-state index contributed by atoms with van der Waals surface area (Å²) in [5.74, 6) is 8.08. The normalized spacial score (nSPS) is 10.8. The van der Waals surface area contributed by atoms with Gasteiger partial charge >= 0.3 is 0 Å². The van der Waals surface area contributed by atoms with E-state index in [0.717, 1.165) is 28.6 Å². The third-order valence-electron chi connectivity index (χ3n) is 4.49. The third-order valence-corrected chi connectivity index (χ3v) is 5.43. The highest BCUT2D eigenvalue weighted by atomic mass is 32.2. The van der Waals surface area contributed by atoms with Crippen LogP contribution >= 0.6 is 11.8 Å². The molecule has 174 valence electrons. The van der Waals surface area contributed by atoms with Crippen molar-refractivity contribution in [2.24, 2.45) is 5.10 Å². The quantitative estimate of drug-likeness (QED) is 0.176. The number of carbonyl (C=O) groups excluding carboxylic acids is 1. The molecular weight excluding hydrogens is 446 g/mol. The van der Waals surface area contributed by atoms with Crippen molar-refractivity contribution in [1.29, 1.82) is 0 Å². The van der Waals surface area contributed by atoms with Crippen LogP contribution in [0.3, 0.4) is 0 Å². The highest BCUT2D eigenvalue weighted by Gasteiger charge is 2.13. The predicted molar refractivity (Wildman–Crippen MR) is 128 cm³/mol. The van der Waals surface area contributed by atoms with Gasteiger partial charge < -0.3 is 25.4 Å². The summed E-state index contributed by atoms with van der Waals surface area (Å²) < 4.78 is 16.9. The Morgan fingerprint density at radius 1 is 1.12 bits per heavy atom.